The number of Topliss-reactive ketones (excluding diaryl/α,β-unsaturated/α-hetero) is 1. The van der Waals surface area contributed by atoms with Gasteiger partial charge in [-0.1, -0.05) is 6.07 Å². The van der Waals surface area contributed by atoms with Crippen molar-refractivity contribution in [1.29, 1.82) is 0 Å². The Morgan fingerprint density at radius 1 is 0.963 bits per heavy atom. The molecule has 1 aliphatic carbocycles. The van der Waals surface area contributed by atoms with Crippen LogP contribution in [0.2, 0.25) is 0 Å². The zero-order chi connectivity index (χ0) is 19.4. The van der Waals surface area contributed by atoms with E-state index in [4.69, 9.17) is 4.74 Å². The highest BCUT2D eigenvalue weighted by Gasteiger charge is 2.14. The molecule has 0 unspecified atom stereocenters. The van der Waals surface area contributed by atoms with E-state index in [2.05, 4.69) is 10.6 Å². The largest absolute Gasteiger partial charge is 0.482 e. The average Bonchev–Trinajstić information content (AvgIpc) is 3.08. The molecule has 0 atom stereocenters. The smallest absolute Gasteiger partial charge is 0.262 e. The molecule has 0 fully saturated rings. The van der Waals surface area contributed by atoms with Crippen LogP contribution in [0.25, 0.3) is 0 Å². The third kappa shape index (κ3) is 4.73. The maximum atomic E-state index is 12.2. The summed E-state index contributed by atoms with van der Waals surface area (Å²) in [5.41, 5.74) is 4.21. The highest BCUT2D eigenvalue weighted by Crippen LogP contribution is 2.27. The van der Waals surface area contributed by atoms with Gasteiger partial charge in [0.1, 0.15) is 5.75 Å². The molecule has 0 spiro atoms. The number of aryl methyl sites for hydroxylation is 2. The average molecular weight is 366 g/mol. The fourth-order valence-electron chi connectivity index (χ4n) is 3.14. The third-order valence-electron chi connectivity index (χ3n) is 4.44. The van der Waals surface area contributed by atoms with Crippen LogP contribution in [0.1, 0.15) is 41.8 Å². The second kappa shape index (κ2) is 8.03. The topological polar surface area (TPSA) is 84.5 Å². The number of anilines is 2. The molecule has 2 N–H and O–H groups in total. The SMILES string of the molecule is CC(=O)Nc1ccc(C(C)=O)cc1OCC(=O)Nc1ccc2c(c1)CCC2. The molecule has 6 heteroatoms. The zero-order valence-electron chi connectivity index (χ0n) is 15.4. The first-order valence-electron chi connectivity index (χ1n) is 8.89. The molecule has 0 bridgehead atoms. The third-order valence-corrected chi connectivity index (χ3v) is 4.44. The van der Waals surface area contributed by atoms with Crippen LogP contribution in [0.5, 0.6) is 5.75 Å². The Bertz CT molecular complexity index is 905. The lowest BCUT2D eigenvalue weighted by atomic mass is 10.1. The maximum Gasteiger partial charge on any atom is 0.262 e. The second-order valence-corrected chi connectivity index (χ2v) is 6.62. The summed E-state index contributed by atoms with van der Waals surface area (Å²) in [7, 11) is 0. The van der Waals surface area contributed by atoms with Crippen molar-refractivity contribution in [3.8, 4) is 5.75 Å². The number of hydrogen-bond acceptors (Lipinski definition) is 4. The Hall–Kier alpha value is -3.15. The summed E-state index contributed by atoms with van der Waals surface area (Å²) in [5, 5.41) is 5.46. The van der Waals surface area contributed by atoms with Crippen molar-refractivity contribution < 1.29 is 19.1 Å². The number of amides is 2. The fourth-order valence-corrected chi connectivity index (χ4v) is 3.14. The van der Waals surface area contributed by atoms with E-state index in [-0.39, 0.29) is 30.0 Å². The standard InChI is InChI=1S/C21H22N2O4/c1-13(24)16-7-9-19(22-14(2)25)20(11-16)27-12-21(26)23-18-8-6-15-4-3-5-17(15)10-18/h6-11H,3-5,12H2,1-2H3,(H,22,25)(H,23,26). The van der Waals surface area contributed by atoms with Gasteiger partial charge in [-0.15, -0.1) is 0 Å². The van der Waals surface area contributed by atoms with Crippen LogP contribution >= 0.6 is 0 Å². The minimum Gasteiger partial charge on any atom is -0.482 e. The van der Waals surface area contributed by atoms with Crippen molar-refractivity contribution in [3.63, 3.8) is 0 Å². The molecule has 2 aromatic rings. The quantitative estimate of drug-likeness (QED) is 0.768. The van der Waals surface area contributed by atoms with Gasteiger partial charge in [-0.2, -0.15) is 0 Å². The maximum absolute atomic E-state index is 12.2. The van der Waals surface area contributed by atoms with Crippen LogP contribution in [-0.2, 0) is 22.4 Å². The molecule has 0 radical (unpaired) electrons. The van der Waals surface area contributed by atoms with Crippen LogP contribution in [0.15, 0.2) is 36.4 Å². The molecular formula is C21H22N2O4. The molecule has 27 heavy (non-hydrogen) atoms. The summed E-state index contributed by atoms with van der Waals surface area (Å²) < 4.78 is 5.58. The number of rotatable bonds is 6. The van der Waals surface area contributed by atoms with E-state index in [1.807, 2.05) is 18.2 Å². The molecular weight excluding hydrogens is 344 g/mol. The number of carbonyl (C=O) groups is 3. The number of ketones is 1. The summed E-state index contributed by atoms with van der Waals surface area (Å²) in [6, 6.07) is 10.7. The monoisotopic (exact) mass is 366 g/mol. The van der Waals surface area contributed by atoms with Crippen molar-refractivity contribution >= 4 is 29.0 Å². The Morgan fingerprint density at radius 2 is 1.74 bits per heavy atom. The van der Waals surface area contributed by atoms with Gasteiger partial charge in [0.2, 0.25) is 5.91 Å². The summed E-state index contributed by atoms with van der Waals surface area (Å²) >= 11 is 0. The van der Waals surface area contributed by atoms with Crippen LogP contribution in [0.3, 0.4) is 0 Å². The number of carbonyl (C=O) groups excluding carboxylic acids is 3. The summed E-state index contributed by atoms with van der Waals surface area (Å²) in [6.45, 7) is 2.59. The normalized spacial score (nSPS) is 12.2. The predicted octanol–water partition coefficient (Wildman–Crippen LogP) is 3.35. The van der Waals surface area contributed by atoms with Gasteiger partial charge in [0.15, 0.2) is 12.4 Å². The van der Waals surface area contributed by atoms with E-state index in [9.17, 15) is 14.4 Å². The minimum atomic E-state index is -0.310. The zero-order valence-corrected chi connectivity index (χ0v) is 15.4. The molecule has 0 heterocycles. The van der Waals surface area contributed by atoms with Crippen molar-refractivity contribution in [2.45, 2.75) is 33.1 Å². The van der Waals surface area contributed by atoms with Gasteiger partial charge < -0.3 is 15.4 Å². The van der Waals surface area contributed by atoms with Crippen LogP contribution in [0, 0.1) is 0 Å². The highest BCUT2D eigenvalue weighted by atomic mass is 16.5. The molecule has 1 aliphatic rings. The van der Waals surface area contributed by atoms with E-state index >= 15 is 0 Å². The van der Waals surface area contributed by atoms with E-state index in [1.165, 1.54) is 31.0 Å². The number of hydrogen-bond donors (Lipinski definition) is 2. The molecule has 3 rings (SSSR count). The van der Waals surface area contributed by atoms with Gasteiger partial charge >= 0.3 is 0 Å². The van der Waals surface area contributed by atoms with Crippen molar-refractivity contribution in [2.75, 3.05) is 17.2 Å². The molecule has 6 nitrogen and oxygen atoms in total. The Kier molecular flexibility index (Phi) is 5.54. The van der Waals surface area contributed by atoms with Crippen LogP contribution < -0.4 is 15.4 Å². The molecule has 0 saturated heterocycles. The van der Waals surface area contributed by atoms with Gasteiger partial charge in [-0.25, -0.2) is 0 Å². The molecule has 2 amide bonds. The van der Waals surface area contributed by atoms with Gasteiger partial charge in [0, 0.05) is 18.2 Å². The lowest BCUT2D eigenvalue weighted by Crippen LogP contribution is -2.21. The molecule has 0 saturated carbocycles. The van der Waals surface area contributed by atoms with Crippen molar-refractivity contribution in [3.05, 3.63) is 53.1 Å². The first-order valence-corrected chi connectivity index (χ1v) is 8.89. The van der Waals surface area contributed by atoms with Gasteiger partial charge in [0.05, 0.1) is 5.69 Å². The van der Waals surface area contributed by atoms with Crippen LogP contribution in [0.4, 0.5) is 11.4 Å². The van der Waals surface area contributed by atoms with Crippen molar-refractivity contribution in [1.82, 2.24) is 0 Å². The number of ether oxygens (including phenoxy) is 1. The molecule has 2 aromatic carbocycles. The molecule has 0 aromatic heterocycles. The minimum absolute atomic E-state index is 0.128. The van der Waals surface area contributed by atoms with Gasteiger partial charge in [0.25, 0.3) is 5.91 Å². The molecule has 0 aliphatic heterocycles. The lowest BCUT2D eigenvalue weighted by molar-refractivity contribution is -0.118. The van der Waals surface area contributed by atoms with E-state index < -0.39 is 0 Å². The predicted molar refractivity (Wildman–Crippen MR) is 103 cm³/mol. The Labute approximate surface area is 157 Å². The summed E-state index contributed by atoms with van der Waals surface area (Å²) in [6.07, 6.45) is 3.27. The van der Waals surface area contributed by atoms with Crippen LogP contribution in [-0.4, -0.2) is 24.2 Å². The van der Waals surface area contributed by atoms with E-state index in [0.29, 0.717) is 11.3 Å². The van der Waals surface area contributed by atoms with Gasteiger partial charge in [-0.3, -0.25) is 14.4 Å². The highest BCUT2D eigenvalue weighted by molar-refractivity contribution is 5.97. The Morgan fingerprint density at radius 3 is 2.48 bits per heavy atom. The number of nitrogens with one attached hydrogen (secondary N) is 2. The number of fused-ring (bicyclic) bond motifs is 1. The van der Waals surface area contributed by atoms with Crippen molar-refractivity contribution in [2.24, 2.45) is 0 Å². The first-order chi connectivity index (χ1) is 12.9. The summed E-state index contributed by atoms with van der Waals surface area (Å²) in [5.74, 6) is -0.424. The number of benzene rings is 2. The first kappa shape index (κ1) is 18.6. The molecule has 140 valence electrons. The Balaban J connectivity index is 1.67. The van der Waals surface area contributed by atoms with E-state index in [1.54, 1.807) is 12.1 Å². The van der Waals surface area contributed by atoms with E-state index in [0.717, 1.165) is 24.9 Å². The second-order valence-electron chi connectivity index (χ2n) is 6.62. The fraction of sp³-hybridized carbons (Fsp3) is 0.286. The van der Waals surface area contributed by atoms with Gasteiger partial charge in [-0.05, 0) is 67.6 Å². The summed E-state index contributed by atoms with van der Waals surface area (Å²) in [4.78, 5) is 35.2. The lowest BCUT2D eigenvalue weighted by Gasteiger charge is -2.13.